The van der Waals surface area contributed by atoms with E-state index < -0.39 is 29.3 Å². The SMILES string of the molecule is C=C(C)[C@H]1CC[C@@]2(C)O[P@](=S)(OC[C@H]3O[C@@H](n4cc(C)c(=O)[nH]c4=O)C[C@@H]3N)SC2C1. The molecule has 0 bridgehead atoms. The normalized spacial score (nSPS) is 40.1. The number of nitrogens with zero attached hydrogens (tertiary/aromatic N) is 1. The molecular formula is C20H30N3O5PS2. The smallest absolute Gasteiger partial charge is 0.330 e. The Morgan fingerprint density at radius 2 is 2.26 bits per heavy atom. The summed E-state index contributed by atoms with van der Waals surface area (Å²) in [5.41, 5.74) is 4.22. The maximum atomic E-state index is 12.2. The Bertz CT molecular complexity index is 1040. The second kappa shape index (κ2) is 8.56. The Morgan fingerprint density at radius 3 is 2.97 bits per heavy atom. The molecule has 7 atom stereocenters. The van der Waals surface area contributed by atoms with Gasteiger partial charge >= 0.3 is 5.69 Å². The topological polar surface area (TPSA) is 109 Å². The molecule has 1 aromatic rings. The molecule has 11 heteroatoms. The molecule has 0 aromatic carbocycles. The van der Waals surface area contributed by atoms with Gasteiger partial charge in [-0.1, -0.05) is 23.5 Å². The zero-order valence-electron chi connectivity index (χ0n) is 18.0. The number of aromatic amines is 1. The first kappa shape index (κ1) is 23.4. The summed E-state index contributed by atoms with van der Waals surface area (Å²) < 4.78 is 19.9. The Labute approximate surface area is 190 Å². The highest BCUT2D eigenvalue weighted by atomic mass is 32.9. The summed E-state index contributed by atoms with van der Waals surface area (Å²) in [5, 5.41) is 0.294. The van der Waals surface area contributed by atoms with Crippen LogP contribution in [0, 0.1) is 12.8 Å². The van der Waals surface area contributed by atoms with E-state index in [9.17, 15) is 9.59 Å². The standard InChI is InChI=1S/C20H30N3O5PS2/c1-11(2)13-5-6-20(4)16(7-13)31-29(30,28-20)26-10-15-14(21)8-17(27-15)23-9-12(3)18(24)22-19(23)25/h9,13-17H,1,5-8,10,21H2,2-4H3,(H,22,24,25)/t13-,14-,15+,16?,17+,20+,29-/m0/s1. The van der Waals surface area contributed by atoms with Crippen LogP contribution in [0.15, 0.2) is 27.9 Å². The lowest BCUT2D eigenvalue weighted by atomic mass is 9.77. The average molecular weight is 488 g/mol. The van der Waals surface area contributed by atoms with Gasteiger partial charge in [0.2, 0.25) is 5.69 Å². The van der Waals surface area contributed by atoms with E-state index in [-0.39, 0.29) is 18.2 Å². The van der Waals surface area contributed by atoms with Crippen LogP contribution in [-0.4, -0.2) is 39.2 Å². The first-order chi connectivity index (χ1) is 14.5. The Kier molecular flexibility index (Phi) is 6.46. The minimum absolute atomic E-state index is 0.214. The molecule has 2 aliphatic heterocycles. The predicted molar refractivity (Wildman–Crippen MR) is 126 cm³/mol. The summed E-state index contributed by atoms with van der Waals surface area (Å²) in [4.78, 5) is 26.1. The number of H-pyrrole nitrogens is 1. The van der Waals surface area contributed by atoms with Crippen molar-refractivity contribution in [3.63, 3.8) is 0 Å². The average Bonchev–Trinajstić information content (AvgIpc) is 3.18. The number of rotatable bonds is 5. The third kappa shape index (κ3) is 4.67. The molecule has 172 valence electrons. The van der Waals surface area contributed by atoms with E-state index in [0.717, 1.165) is 19.3 Å². The van der Waals surface area contributed by atoms with Crippen molar-refractivity contribution < 1.29 is 13.8 Å². The highest BCUT2D eigenvalue weighted by Gasteiger charge is 2.53. The number of aromatic nitrogens is 2. The van der Waals surface area contributed by atoms with Crippen molar-refractivity contribution in [3.05, 3.63) is 44.8 Å². The molecule has 3 heterocycles. The molecule has 1 aliphatic carbocycles. The fraction of sp³-hybridized carbons (Fsp3) is 0.700. The largest absolute Gasteiger partial charge is 0.351 e. The van der Waals surface area contributed by atoms with E-state index >= 15 is 0 Å². The zero-order chi connectivity index (χ0) is 22.6. The van der Waals surface area contributed by atoms with Gasteiger partial charge in [-0.15, -0.1) is 0 Å². The van der Waals surface area contributed by atoms with Crippen LogP contribution in [-0.2, 0) is 25.6 Å². The van der Waals surface area contributed by atoms with E-state index in [1.165, 1.54) is 16.3 Å². The lowest BCUT2D eigenvalue weighted by molar-refractivity contribution is -0.0253. The van der Waals surface area contributed by atoms with Crippen LogP contribution in [0.1, 0.15) is 51.3 Å². The lowest BCUT2D eigenvalue weighted by Gasteiger charge is -2.37. The van der Waals surface area contributed by atoms with Gasteiger partial charge in [-0.3, -0.25) is 14.3 Å². The third-order valence-electron chi connectivity index (χ3n) is 6.58. The number of nitrogens with one attached hydrogen (secondary N) is 1. The van der Waals surface area contributed by atoms with E-state index in [2.05, 4.69) is 25.4 Å². The number of ether oxygens (including phenoxy) is 1. The van der Waals surface area contributed by atoms with Crippen molar-refractivity contribution in [1.29, 1.82) is 0 Å². The van der Waals surface area contributed by atoms with Crippen LogP contribution in [0.2, 0.25) is 0 Å². The highest BCUT2D eigenvalue weighted by molar-refractivity contribution is 8.68. The van der Waals surface area contributed by atoms with Gasteiger partial charge in [-0.25, -0.2) is 4.79 Å². The fourth-order valence-corrected chi connectivity index (χ4v) is 11.3. The molecule has 4 rings (SSSR count). The summed E-state index contributed by atoms with van der Waals surface area (Å²) in [6.07, 6.45) is 3.99. The molecule has 0 radical (unpaired) electrons. The van der Waals surface area contributed by atoms with Crippen LogP contribution in [0.3, 0.4) is 0 Å². The number of fused-ring (bicyclic) bond motifs is 1. The number of aryl methyl sites for hydroxylation is 1. The van der Waals surface area contributed by atoms with Gasteiger partial charge in [-0.05, 0) is 57.8 Å². The van der Waals surface area contributed by atoms with Gasteiger partial charge in [0.25, 0.3) is 5.56 Å². The maximum Gasteiger partial charge on any atom is 0.330 e. The number of hydrogen-bond donors (Lipinski definition) is 2. The van der Waals surface area contributed by atoms with Crippen molar-refractivity contribution in [1.82, 2.24) is 9.55 Å². The Hall–Kier alpha value is -0.740. The number of allylic oxidation sites excluding steroid dienone is 1. The fourth-order valence-electron chi connectivity index (χ4n) is 4.49. The van der Waals surface area contributed by atoms with E-state index in [1.54, 1.807) is 18.3 Å². The van der Waals surface area contributed by atoms with Gasteiger partial charge in [0.1, 0.15) is 6.23 Å². The van der Waals surface area contributed by atoms with Gasteiger partial charge in [0, 0.05) is 29.5 Å². The molecule has 1 aromatic heterocycles. The third-order valence-corrected chi connectivity index (χ3v) is 12.3. The van der Waals surface area contributed by atoms with Crippen LogP contribution in [0.25, 0.3) is 0 Å². The molecule has 1 unspecified atom stereocenters. The first-order valence-corrected chi connectivity index (χ1v) is 14.6. The molecule has 3 N–H and O–H groups in total. The summed E-state index contributed by atoms with van der Waals surface area (Å²) in [6, 6.07) is -0.316. The molecule has 3 aliphatic rings. The Balaban J connectivity index is 1.40. The van der Waals surface area contributed by atoms with Crippen molar-refractivity contribution >= 4 is 28.9 Å². The van der Waals surface area contributed by atoms with Crippen LogP contribution < -0.4 is 17.0 Å². The van der Waals surface area contributed by atoms with E-state index in [4.69, 9.17) is 31.3 Å². The molecule has 2 saturated heterocycles. The highest BCUT2D eigenvalue weighted by Crippen LogP contribution is 2.74. The second-order valence-corrected chi connectivity index (χ2v) is 15.4. The predicted octanol–water partition coefficient (Wildman–Crippen LogP) is 2.97. The molecule has 3 fully saturated rings. The molecular weight excluding hydrogens is 457 g/mol. The maximum absolute atomic E-state index is 12.2. The minimum atomic E-state index is -2.52. The molecule has 0 amide bonds. The number of nitrogens with two attached hydrogens (primary N) is 1. The van der Waals surface area contributed by atoms with Gasteiger partial charge < -0.3 is 19.5 Å². The van der Waals surface area contributed by atoms with Crippen LogP contribution in [0.5, 0.6) is 0 Å². The van der Waals surface area contributed by atoms with E-state index in [1.807, 2.05) is 0 Å². The van der Waals surface area contributed by atoms with E-state index in [0.29, 0.717) is 23.2 Å². The number of hydrogen-bond acceptors (Lipinski definition) is 8. The summed E-state index contributed by atoms with van der Waals surface area (Å²) in [5.74, 6) is 0.502. The van der Waals surface area contributed by atoms with Gasteiger partial charge in [0.05, 0.1) is 18.3 Å². The molecule has 0 spiro atoms. The van der Waals surface area contributed by atoms with Crippen molar-refractivity contribution in [2.24, 2.45) is 11.7 Å². The zero-order valence-corrected chi connectivity index (χ0v) is 20.6. The lowest BCUT2D eigenvalue weighted by Crippen LogP contribution is -2.40. The first-order valence-electron chi connectivity index (χ1n) is 10.5. The molecule has 1 saturated carbocycles. The van der Waals surface area contributed by atoms with Crippen molar-refractivity contribution in [3.8, 4) is 0 Å². The summed E-state index contributed by atoms with van der Waals surface area (Å²) in [7, 11) is 0. The van der Waals surface area contributed by atoms with Crippen LogP contribution in [0.4, 0.5) is 0 Å². The second-order valence-electron chi connectivity index (χ2n) is 9.07. The summed E-state index contributed by atoms with van der Waals surface area (Å²) in [6.45, 7) is 10.2. The molecule has 31 heavy (non-hydrogen) atoms. The minimum Gasteiger partial charge on any atom is -0.351 e. The van der Waals surface area contributed by atoms with Crippen LogP contribution >= 0.6 is 17.1 Å². The van der Waals surface area contributed by atoms with Crippen molar-refractivity contribution in [2.45, 2.75) is 75.7 Å². The summed E-state index contributed by atoms with van der Waals surface area (Å²) >= 11 is 7.48. The van der Waals surface area contributed by atoms with Gasteiger partial charge in [0.15, 0.2) is 0 Å². The molecule has 8 nitrogen and oxygen atoms in total. The monoisotopic (exact) mass is 487 g/mol. The quantitative estimate of drug-likeness (QED) is 0.482. The Morgan fingerprint density at radius 1 is 1.52 bits per heavy atom. The van der Waals surface area contributed by atoms with Crippen molar-refractivity contribution in [2.75, 3.05) is 6.61 Å². The van der Waals surface area contributed by atoms with Gasteiger partial charge in [-0.2, -0.15) is 0 Å².